The van der Waals surface area contributed by atoms with E-state index in [9.17, 15) is 18.3 Å². The molecule has 1 atom stereocenters. The highest BCUT2D eigenvalue weighted by Crippen LogP contribution is 2.36. The number of sulfonamides is 1. The summed E-state index contributed by atoms with van der Waals surface area (Å²) in [4.78, 5) is 11.6. The van der Waals surface area contributed by atoms with Gasteiger partial charge in [-0.3, -0.25) is 4.79 Å². The molecule has 0 saturated carbocycles. The van der Waals surface area contributed by atoms with Crippen molar-refractivity contribution in [1.82, 2.24) is 4.31 Å². The average molecular weight is 362 g/mol. The lowest BCUT2D eigenvalue weighted by Gasteiger charge is -2.30. The molecule has 20 heavy (non-hydrogen) atoms. The summed E-state index contributed by atoms with van der Waals surface area (Å²) in [6.07, 6.45) is 0.879. The maximum Gasteiger partial charge on any atom is 0.324 e. The molecule has 0 bridgehead atoms. The molecular formula is C13H16BrNO4S. The monoisotopic (exact) mass is 361 g/mol. The Morgan fingerprint density at radius 2 is 2.10 bits per heavy atom. The van der Waals surface area contributed by atoms with Gasteiger partial charge in [-0.25, -0.2) is 8.42 Å². The molecule has 0 radical (unpaired) electrons. The van der Waals surface area contributed by atoms with Crippen LogP contribution < -0.4 is 0 Å². The van der Waals surface area contributed by atoms with Crippen LogP contribution in [0.1, 0.15) is 25.3 Å². The van der Waals surface area contributed by atoms with Crippen molar-refractivity contribution in [3.63, 3.8) is 0 Å². The highest BCUT2D eigenvalue weighted by atomic mass is 79.9. The summed E-state index contributed by atoms with van der Waals surface area (Å²) in [5.74, 6) is -1.11. The number of hydrogen-bond donors (Lipinski definition) is 1. The van der Waals surface area contributed by atoms with Crippen molar-refractivity contribution in [2.45, 2.75) is 37.1 Å². The van der Waals surface area contributed by atoms with Crippen LogP contribution in [0.5, 0.6) is 0 Å². The third-order valence-electron chi connectivity index (χ3n) is 3.75. The van der Waals surface area contributed by atoms with Gasteiger partial charge in [0.2, 0.25) is 10.0 Å². The SMILES string of the molecule is Cc1ccc(Br)cc1S(=O)(=O)N1CCCC1(C)C(=O)O. The highest BCUT2D eigenvalue weighted by Gasteiger charge is 2.50. The molecule has 1 aliphatic heterocycles. The summed E-state index contributed by atoms with van der Waals surface area (Å²) in [7, 11) is -3.82. The van der Waals surface area contributed by atoms with E-state index in [1.54, 1.807) is 19.1 Å². The van der Waals surface area contributed by atoms with Crippen LogP contribution in [-0.2, 0) is 14.8 Å². The Morgan fingerprint density at radius 1 is 1.45 bits per heavy atom. The Bertz CT molecular complexity index is 658. The number of aliphatic carboxylic acids is 1. The van der Waals surface area contributed by atoms with Gasteiger partial charge in [0.05, 0.1) is 4.90 Å². The lowest BCUT2D eigenvalue weighted by molar-refractivity contribution is -0.146. The van der Waals surface area contributed by atoms with Gasteiger partial charge in [0.15, 0.2) is 0 Å². The highest BCUT2D eigenvalue weighted by molar-refractivity contribution is 9.10. The molecule has 0 aromatic heterocycles. The third kappa shape index (κ3) is 2.38. The summed E-state index contributed by atoms with van der Waals surface area (Å²) < 4.78 is 27.3. The average Bonchev–Trinajstić information content (AvgIpc) is 2.76. The summed E-state index contributed by atoms with van der Waals surface area (Å²) in [6, 6.07) is 4.98. The molecule has 1 heterocycles. The molecule has 2 rings (SSSR count). The van der Waals surface area contributed by atoms with Crippen LogP contribution >= 0.6 is 15.9 Å². The Morgan fingerprint density at radius 3 is 2.70 bits per heavy atom. The Hall–Kier alpha value is -0.920. The second-order valence-corrected chi connectivity index (χ2v) is 7.92. The molecule has 1 N–H and O–H groups in total. The van der Waals surface area contributed by atoms with Gasteiger partial charge in [-0.05, 0) is 44.4 Å². The van der Waals surface area contributed by atoms with Crippen molar-refractivity contribution >= 4 is 31.9 Å². The third-order valence-corrected chi connectivity index (χ3v) is 6.41. The molecule has 1 saturated heterocycles. The van der Waals surface area contributed by atoms with E-state index in [-0.39, 0.29) is 11.4 Å². The first kappa shape index (κ1) is 15.5. The van der Waals surface area contributed by atoms with Crippen LogP contribution in [0.25, 0.3) is 0 Å². The first-order valence-corrected chi connectivity index (χ1v) is 8.45. The number of hydrogen-bond acceptors (Lipinski definition) is 3. The summed E-state index contributed by atoms with van der Waals surface area (Å²) in [6.45, 7) is 3.40. The molecule has 5 nitrogen and oxygen atoms in total. The largest absolute Gasteiger partial charge is 0.480 e. The van der Waals surface area contributed by atoms with E-state index in [4.69, 9.17) is 0 Å². The zero-order valence-corrected chi connectivity index (χ0v) is 13.7. The van der Waals surface area contributed by atoms with E-state index >= 15 is 0 Å². The molecule has 7 heteroatoms. The normalized spacial score (nSPS) is 23.9. The van der Waals surface area contributed by atoms with Crippen molar-refractivity contribution in [3.8, 4) is 0 Å². The lowest BCUT2D eigenvalue weighted by Crippen LogP contribution is -2.50. The topological polar surface area (TPSA) is 74.7 Å². The predicted octanol–water partition coefficient (Wildman–Crippen LogP) is 2.39. The second-order valence-electron chi connectivity index (χ2n) is 5.17. The molecule has 1 unspecified atom stereocenters. The molecule has 110 valence electrons. The fourth-order valence-electron chi connectivity index (χ4n) is 2.51. The van der Waals surface area contributed by atoms with Crippen molar-refractivity contribution in [2.24, 2.45) is 0 Å². The van der Waals surface area contributed by atoms with Crippen molar-refractivity contribution in [2.75, 3.05) is 6.54 Å². The van der Waals surface area contributed by atoms with Gasteiger partial charge in [0.25, 0.3) is 0 Å². The van der Waals surface area contributed by atoms with Crippen LogP contribution in [0.2, 0.25) is 0 Å². The summed E-state index contributed by atoms with van der Waals surface area (Å²) in [5.41, 5.74) is -0.763. The number of aryl methyl sites for hydroxylation is 1. The maximum absolute atomic E-state index is 12.8. The van der Waals surface area contributed by atoms with E-state index in [0.29, 0.717) is 22.9 Å². The zero-order valence-electron chi connectivity index (χ0n) is 11.3. The number of nitrogens with zero attached hydrogens (tertiary/aromatic N) is 1. The molecule has 1 aromatic carbocycles. The van der Waals surface area contributed by atoms with Gasteiger partial charge in [-0.2, -0.15) is 4.31 Å². The molecule has 0 amide bonds. The Kier molecular flexibility index (Phi) is 3.96. The predicted molar refractivity (Wildman–Crippen MR) is 78.0 cm³/mol. The van der Waals surface area contributed by atoms with Crippen LogP contribution in [0.15, 0.2) is 27.6 Å². The Labute approximate surface area is 126 Å². The van der Waals surface area contributed by atoms with Crippen molar-refractivity contribution in [1.29, 1.82) is 0 Å². The quantitative estimate of drug-likeness (QED) is 0.896. The van der Waals surface area contributed by atoms with Gasteiger partial charge in [0, 0.05) is 11.0 Å². The smallest absolute Gasteiger partial charge is 0.324 e. The fraction of sp³-hybridized carbons (Fsp3) is 0.462. The standard InChI is InChI=1S/C13H16BrNO4S/c1-9-4-5-10(14)8-11(9)20(18,19)15-7-3-6-13(15,2)12(16)17/h4-5,8H,3,6-7H2,1-2H3,(H,16,17). The van der Waals surface area contributed by atoms with Crippen molar-refractivity contribution < 1.29 is 18.3 Å². The van der Waals surface area contributed by atoms with Crippen LogP contribution in [0.3, 0.4) is 0 Å². The molecule has 1 aliphatic rings. The second kappa shape index (κ2) is 5.13. The zero-order chi connectivity index (χ0) is 15.1. The van der Waals surface area contributed by atoms with E-state index in [1.807, 2.05) is 0 Å². The molecule has 0 aliphatic carbocycles. The van der Waals surface area contributed by atoms with Crippen molar-refractivity contribution in [3.05, 3.63) is 28.2 Å². The minimum absolute atomic E-state index is 0.154. The number of rotatable bonds is 3. The van der Waals surface area contributed by atoms with E-state index in [1.165, 1.54) is 13.0 Å². The fourth-order valence-corrected chi connectivity index (χ4v) is 5.08. The Balaban J connectivity index is 2.55. The molecule has 1 aromatic rings. The first-order chi connectivity index (χ1) is 9.19. The first-order valence-electron chi connectivity index (χ1n) is 6.22. The molecule has 0 spiro atoms. The van der Waals surface area contributed by atoms with E-state index < -0.39 is 21.5 Å². The van der Waals surface area contributed by atoms with Crippen LogP contribution in [-0.4, -0.2) is 35.9 Å². The maximum atomic E-state index is 12.8. The summed E-state index contributed by atoms with van der Waals surface area (Å²) in [5, 5.41) is 9.36. The van der Waals surface area contributed by atoms with Gasteiger partial charge < -0.3 is 5.11 Å². The minimum Gasteiger partial charge on any atom is -0.480 e. The van der Waals surface area contributed by atoms with E-state index in [2.05, 4.69) is 15.9 Å². The van der Waals surface area contributed by atoms with Gasteiger partial charge in [-0.15, -0.1) is 0 Å². The van der Waals surface area contributed by atoms with Gasteiger partial charge in [0.1, 0.15) is 5.54 Å². The number of halogens is 1. The van der Waals surface area contributed by atoms with Gasteiger partial charge in [-0.1, -0.05) is 22.0 Å². The van der Waals surface area contributed by atoms with Gasteiger partial charge >= 0.3 is 5.97 Å². The lowest BCUT2D eigenvalue weighted by atomic mass is 10.0. The number of carbonyl (C=O) groups is 1. The van der Waals surface area contributed by atoms with E-state index in [0.717, 1.165) is 4.31 Å². The number of benzene rings is 1. The van der Waals surface area contributed by atoms with Crippen LogP contribution in [0, 0.1) is 6.92 Å². The number of carboxylic acids is 1. The molecular weight excluding hydrogens is 346 g/mol. The summed E-state index contributed by atoms with van der Waals surface area (Å²) >= 11 is 3.26. The minimum atomic E-state index is -3.82. The number of carboxylic acid groups (broad SMARTS) is 1. The van der Waals surface area contributed by atoms with Crippen LogP contribution in [0.4, 0.5) is 0 Å². The molecule has 1 fully saturated rings.